The molecular formula is C12H17BrFN. The molecule has 84 valence electrons. The quantitative estimate of drug-likeness (QED) is 0.776. The Labute approximate surface area is 99.2 Å². The van der Waals surface area contributed by atoms with Gasteiger partial charge in [0.05, 0.1) is 0 Å². The molecule has 0 aromatic heterocycles. The van der Waals surface area contributed by atoms with Crippen molar-refractivity contribution in [2.24, 2.45) is 0 Å². The van der Waals surface area contributed by atoms with Gasteiger partial charge in [-0.05, 0) is 30.7 Å². The molecule has 1 rings (SSSR count). The Morgan fingerprint density at radius 1 is 1.33 bits per heavy atom. The Hall–Kier alpha value is -0.410. The molecule has 1 N–H and O–H groups in total. The largest absolute Gasteiger partial charge is 0.313 e. The van der Waals surface area contributed by atoms with Crippen molar-refractivity contribution in [2.75, 3.05) is 6.54 Å². The Morgan fingerprint density at radius 2 is 2.13 bits per heavy atom. The molecule has 0 saturated carbocycles. The van der Waals surface area contributed by atoms with E-state index < -0.39 is 0 Å². The van der Waals surface area contributed by atoms with Crippen molar-refractivity contribution in [2.45, 2.75) is 32.7 Å². The first-order valence-corrected chi connectivity index (χ1v) is 6.18. The molecule has 0 unspecified atom stereocenters. The van der Waals surface area contributed by atoms with Crippen LogP contribution in [0.2, 0.25) is 0 Å². The number of unbranched alkanes of at least 4 members (excludes halogenated alkanes) is 2. The number of hydrogen-bond donors (Lipinski definition) is 1. The van der Waals surface area contributed by atoms with Crippen molar-refractivity contribution in [1.82, 2.24) is 5.32 Å². The van der Waals surface area contributed by atoms with Crippen molar-refractivity contribution in [1.29, 1.82) is 0 Å². The lowest BCUT2D eigenvalue weighted by Gasteiger charge is -2.06. The summed E-state index contributed by atoms with van der Waals surface area (Å²) in [7, 11) is 0. The molecular weight excluding hydrogens is 257 g/mol. The predicted molar refractivity (Wildman–Crippen MR) is 65.3 cm³/mol. The van der Waals surface area contributed by atoms with Crippen molar-refractivity contribution in [3.8, 4) is 0 Å². The lowest BCUT2D eigenvalue weighted by atomic mass is 10.2. The molecule has 0 saturated heterocycles. The third-order valence-electron chi connectivity index (χ3n) is 2.29. The predicted octanol–water partition coefficient (Wildman–Crippen LogP) is 3.87. The summed E-state index contributed by atoms with van der Waals surface area (Å²) < 4.78 is 13.6. The zero-order valence-corrected chi connectivity index (χ0v) is 10.6. The summed E-state index contributed by atoms with van der Waals surface area (Å²) in [5.74, 6) is -0.198. The molecule has 0 heterocycles. The van der Waals surface area contributed by atoms with E-state index in [1.54, 1.807) is 0 Å². The van der Waals surface area contributed by atoms with Crippen LogP contribution in [0.1, 0.15) is 31.7 Å². The molecule has 0 radical (unpaired) electrons. The van der Waals surface area contributed by atoms with E-state index in [9.17, 15) is 4.39 Å². The van der Waals surface area contributed by atoms with Gasteiger partial charge in [0.1, 0.15) is 5.82 Å². The Kier molecular flexibility index (Phi) is 5.88. The Morgan fingerprint density at radius 3 is 2.80 bits per heavy atom. The lowest BCUT2D eigenvalue weighted by Crippen LogP contribution is -2.14. The molecule has 0 aliphatic rings. The average molecular weight is 274 g/mol. The van der Waals surface area contributed by atoms with Gasteiger partial charge in [0, 0.05) is 11.0 Å². The second-order valence-corrected chi connectivity index (χ2v) is 4.47. The van der Waals surface area contributed by atoms with Gasteiger partial charge >= 0.3 is 0 Å². The van der Waals surface area contributed by atoms with E-state index >= 15 is 0 Å². The van der Waals surface area contributed by atoms with Gasteiger partial charge in [-0.25, -0.2) is 4.39 Å². The molecule has 0 fully saturated rings. The molecule has 1 aromatic rings. The van der Waals surface area contributed by atoms with Gasteiger partial charge in [-0.15, -0.1) is 0 Å². The molecule has 0 spiro atoms. The molecule has 0 aliphatic carbocycles. The zero-order valence-electron chi connectivity index (χ0n) is 9.02. The van der Waals surface area contributed by atoms with Crippen molar-refractivity contribution < 1.29 is 4.39 Å². The van der Waals surface area contributed by atoms with E-state index in [1.807, 2.05) is 6.07 Å². The van der Waals surface area contributed by atoms with E-state index in [4.69, 9.17) is 0 Å². The first-order valence-electron chi connectivity index (χ1n) is 5.38. The first kappa shape index (κ1) is 12.7. The number of nitrogens with one attached hydrogen (secondary N) is 1. The molecule has 15 heavy (non-hydrogen) atoms. The van der Waals surface area contributed by atoms with Crippen LogP contribution in [0, 0.1) is 5.82 Å². The lowest BCUT2D eigenvalue weighted by molar-refractivity contribution is 0.609. The molecule has 0 amide bonds. The Balaban J connectivity index is 2.31. The first-order chi connectivity index (χ1) is 7.24. The summed E-state index contributed by atoms with van der Waals surface area (Å²) in [6.07, 6.45) is 3.70. The molecule has 0 bridgehead atoms. The van der Waals surface area contributed by atoms with Crippen LogP contribution >= 0.6 is 15.9 Å². The molecule has 0 atom stereocenters. The van der Waals surface area contributed by atoms with Crippen LogP contribution in [-0.2, 0) is 6.54 Å². The second kappa shape index (κ2) is 6.96. The minimum Gasteiger partial charge on any atom is -0.313 e. The average Bonchev–Trinajstić information content (AvgIpc) is 2.20. The van der Waals surface area contributed by atoms with E-state index in [0.717, 1.165) is 23.1 Å². The van der Waals surface area contributed by atoms with Gasteiger partial charge < -0.3 is 5.32 Å². The van der Waals surface area contributed by atoms with Crippen molar-refractivity contribution in [3.05, 3.63) is 34.1 Å². The van der Waals surface area contributed by atoms with Crippen LogP contribution in [0.3, 0.4) is 0 Å². The molecule has 1 nitrogen and oxygen atoms in total. The number of rotatable bonds is 6. The normalized spacial score (nSPS) is 10.6. The maximum absolute atomic E-state index is 12.8. The number of benzene rings is 1. The van der Waals surface area contributed by atoms with Gasteiger partial charge in [0.15, 0.2) is 0 Å². The fraction of sp³-hybridized carbons (Fsp3) is 0.500. The number of halogens is 2. The monoisotopic (exact) mass is 273 g/mol. The smallest absolute Gasteiger partial charge is 0.124 e. The highest BCUT2D eigenvalue weighted by Crippen LogP contribution is 2.17. The van der Waals surface area contributed by atoms with Gasteiger partial charge in [0.25, 0.3) is 0 Å². The number of hydrogen-bond acceptors (Lipinski definition) is 1. The maximum Gasteiger partial charge on any atom is 0.124 e. The van der Waals surface area contributed by atoms with Crippen LogP contribution in [0.15, 0.2) is 22.7 Å². The summed E-state index contributed by atoms with van der Waals surface area (Å²) in [6, 6.07) is 4.81. The van der Waals surface area contributed by atoms with E-state index in [1.165, 1.54) is 31.4 Å². The third-order valence-corrected chi connectivity index (χ3v) is 3.03. The molecule has 1 aromatic carbocycles. The van der Waals surface area contributed by atoms with Gasteiger partial charge in [-0.2, -0.15) is 0 Å². The summed E-state index contributed by atoms with van der Waals surface area (Å²) >= 11 is 3.35. The van der Waals surface area contributed by atoms with Crippen molar-refractivity contribution in [3.63, 3.8) is 0 Å². The second-order valence-electron chi connectivity index (χ2n) is 3.62. The van der Waals surface area contributed by atoms with Crippen LogP contribution < -0.4 is 5.32 Å². The van der Waals surface area contributed by atoms with Crippen LogP contribution in [-0.4, -0.2) is 6.54 Å². The van der Waals surface area contributed by atoms with Crippen LogP contribution in [0.4, 0.5) is 4.39 Å². The van der Waals surface area contributed by atoms with Gasteiger partial charge in [-0.1, -0.05) is 41.8 Å². The van der Waals surface area contributed by atoms with E-state index in [2.05, 4.69) is 28.2 Å². The maximum atomic E-state index is 12.8. The topological polar surface area (TPSA) is 12.0 Å². The van der Waals surface area contributed by atoms with E-state index in [-0.39, 0.29) is 5.82 Å². The van der Waals surface area contributed by atoms with Crippen LogP contribution in [0.5, 0.6) is 0 Å². The fourth-order valence-electron chi connectivity index (χ4n) is 1.39. The zero-order chi connectivity index (χ0) is 11.1. The molecule has 0 aliphatic heterocycles. The third kappa shape index (κ3) is 4.76. The van der Waals surface area contributed by atoms with Crippen LogP contribution in [0.25, 0.3) is 0 Å². The molecule has 3 heteroatoms. The van der Waals surface area contributed by atoms with Gasteiger partial charge in [0.2, 0.25) is 0 Å². The highest BCUT2D eigenvalue weighted by Gasteiger charge is 2.00. The summed E-state index contributed by atoms with van der Waals surface area (Å²) in [6.45, 7) is 4.01. The highest BCUT2D eigenvalue weighted by atomic mass is 79.9. The summed E-state index contributed by atoms with van der Waals surface area (Å²) in [5.41, 5.74) is 1.10. The van der Waals surface area contributed by atoms with Gasteiger partial charge in [-0.3, -0.25) is 0 Å². The van der Waals surface area contributed by atoms with Crippen molar-refractivity contribution >= 4 is 15.9 Å². The summed E-state index contributed by atoms with van der Waals surface area (Å²) in [5, 5.41) is 3.34. The summed E-state index contributed by atoms with van der Waals surface area (Å²) in [4.78, 5) is 0. The fourth-order valence-corrected chi connectivity index (χ4v) is 1.88. The Bertz CT molecular complexity index is 302. The minimum atomic E-state index is -0.198. The highest BCUT2D eigenvalue weighted by molar-refractivity contribution is 9.10. The standard InChI is InChI=1S/C12H17BrFN/c1-2-3-4-7-15-9-10-5-6-11(14)8-12(10)13/h5-6,8,15H,2-4,7,9H2,1H3. The minimum absolute atomic E-state index is 0.198. The SMILES string of the molecule is CCCCCNCc1ccc(F)cc1Br. The van der Waals surface area contributed by atoms with E-state index in [0.29, 0.717) is 0 Å².